The molecule has 1 aliphatic rings. The number of hydrogen-bond acceptors (Lipinski definition) is 5. The van der Waals surface area contributed by atoms with Crippen LogP contribution in [0.25, 0.3) is 22.6 Å². The molecule has 28 heavy (non-hydrogen) atoms. The fraction of sp³-hybridized carbons (Fsp3) is 0.190. The average Bonchev–Trinajstić information content (AvgIpc) is 3.43. The normalized spacial score (nSPS) is 14.6. The van der Waals surface area contributed by atoms with Gasteiger partial charge in [0, 0.05) is 26.2 Å². The van der Waals surface area contributed by atoms with Gasteiger partial charge in [0.25, 0.3) is 5.91 Å². The number of carbonyl (C=O) groups excluding carboxylic acids is 1. The molecule has 0 saturated carbocycles. The summed E-state index contributed by atoms with van der Waals surface area (Å²) in [5, 5.41) is 1.94. The Kier molecular flexibility index (Phi) is 4.29. The molecule has 0 unspecified atom stereocenters. The third-order valence-electron chi connectivity index (χ3n) is 4.99. The highest BCUT2D eigenvalue weighted by atomic mass is 32.1. The van der Waals surface area contributed by atoms with Crippen molar-refractivity contribution in [3.05, 3.63) is 64.9 Å². The Morgan fingerprint density at radius 1 is 0.929 bits per heavy atom. The number of benzene rings is 1. The van der Waals surface area contributed by atoms with Gasteiger partial charge in [-0.1, -0.05) is 24.3 Å². The van der Waals surface area contributed by atoms with Crippen LogP contribution < -0.4 is 4.90 Å². The number of imidazole rings is 1. The predicted octanol–water partition coefficient (Wildman–Crippen LogP) is 3.65. The van der Waals surface area contributed by atoms with Crippen molar-refractivity contribution in [3.63, 3.8) is 0 Å². The van der Waals surface area contributed by atoms with Crippen LogP contribution in [0.1, 0.15) is 9.67 Å². The van der Waals surface area contributed by atoms with Gasteiger partial charge in [0.15, 0.2) is 5.82 Å². The van der Waals surface area contributed by atoms with E-state index >= 15 is 0 Å². The zero-order chi connectivity index (χ0) is 18.9. The summed E-state index contributed by atoms with van der Waals surface area (Å²) < 4.78 is 0. The first-order chi connectivity index (χ1) is 13.8. The zero-order valence-corrected chi connectivity index (χ0v) is 16.0. The number of nitrogens with zero attached hydrogens (tertiary/aromatic N) is 4. The summed E-state index contributed by atoms with van der Waals surface area (Å²) >= 11 is 1.50. The highest BCUT2D eigenvalue weighted by Gasteiger charge is 2.23. The molecule has 4 aromatic rings. The molecule has 1 amide bonds. The molecule has 1 N–H and O–H groups in total. The van der Waals surface area contributed by atoms with E-state index in [0.717, 1.165) is 46.3 Å². The number of amides is 1. The second-order valence-electron chi connectivity index (χ2n) is 6.74. The van der Waals surface area contributed by atoms with Gasteiger partial charge in [0.1, 0.15) is 11.5 Å². The second kappa shape index (κ2) is 7.09. The number of pyridine rings is 1. The monoisotopic (exact) mass is 389 g/mol. The molecule has 140 valence electrons. The van der Waals surface area contributed by atoms with Gasteiger partial charge in [0.05, 0.1) is 15.9 Å². The Balaban J connectivity index is 1.32. The number of thiophene rings is 1. The molecule has 0 spiro atoms. The Hall–Kier alpha value is -3.19. The van der Waals surface area contributed by atoms with E-state index in [9.17, 15) is 4.79 Å². The SMILES string of the molecule is O=C(c1cccs1)N1CCN(c2cccc(-c3nc4ccccc4[nH]3)n2)CC1. The topological polar surface area (TPSA) is 65.1 Å². The summed E-state index contributed by atoms with van der Waals surface area (Å²) in [7, 11) is 0. The van der Waals surface area contributed by atoms with Crippen molar-refractivity contribution in [1.29, 1.82) is 0 Å². The number of aromatic nitrogens is 3. The maximum absolute atomic E-state index is 12.5. The first kappa shape index (κ1) is 16.9. The van der Waals surface area contributed by atoms with Crippen LogP contribution in [0.4, 0.5) is 5.82 Å². The van der Waals surface area contributed by atoms with Crippen LogP contribution in [0.3, 0.4) is 0 Å². The summed E-state index contributed by atoms with van der Waals surface area (Å²) in [6.07, 6.45) is 0. The summed E-state index contributed by atoms with van der Waals surface area (Å²) in [6.45, 7) is 2.95. The fourth-order valence-corrected chi connectivity index (χ4v) is 4.19. The van der Waals surface area contributed by atoms with E-state index in [1.165, 1.54) is 11.3 Å². The van der Waals surface area contributed by atoms with Gasteiger partial charge in [-0.15, -0.1) is 11.3 Å². The molecule has 1 aliphatic heterocycles. The van der Waals surface area contributed by atoms with Crippen molar-refractivity contribution in [1.82, 2.24) is 19.9 Å². The number of H-pyrrole nitrogens is 1. The van der Waals surface area contributed by atoms with Crippen LogP contribution >= 0.6 is 11.3 Å². The third kappa shape index (κ3) is 3.14. The van der Waals surface area contributed by atoms with Gasteiger partial charge >= 0.3 is 0 Å². The molecule has 7 heteroatoms. The number of nitrogens with one attached hydrogen (secondary N) is 1. The maximum Gasteiger partial charge on any atom is 0.264 e. The van der Waals surface area contributed by atoms with Crippen LogP contribution in [0.5, 0.6) is 0 Å². The van der Waals surface area contributed by atoms with Crippen LogP contribution in [0.15, 0.2) is 60.0 Å². The van der Waals surface area contributed by atoms with Crippen molar-refractivity contribution in [2.45, 2.75) is 0 Å². The second-order valence-corrected chi connectivity index (χ2v) is 7.69. The summed E-state index contributed by atoms with van der Waals surface area (Å²) in [4.78, 5) is 30.3. The number of fused-ring (bicyclic) bond motifs is 1. The number of hydrogen-bond donors (Lipinski definition) is 1. The first-order valence-corrected chi connectivity index (χ1v) is 10.2. The molecule has 0 aliphatic carbocycles. The lowest BCUT2D eigenvalue weighted by atomic mass is 10.2. The minimum absolute atomic E-state index is 0.124. The molecular weight excluding hydrogens is 370 g/mol. The average molecular weight is 389 g/mol. The minimum Gasteiger partial charge on any atom is -0.353 e. The number of para-hydroxylation sites is 2. The van der Waals surface area contributed by atoms with E-state index in [-0.39, 0.29) is 5.91 Å². The van der Waals surface area contributed by atoms with Crippen molar-refractivity contribution >= 4 is 34.1 Å². The van der Waals surface area contributed by atoms with Crippen molar-refractivity contribution < 1.29 is 4.79 Å². The molecule has 4 heterocycles. The molecule has 3 aromatic heterocycles. The van der Waals surface area contributed by atoms with Gasteiger partial charge in [-0.05, 0) is 35.7 Å². The lowest BCUT2D eigenvalue weighted by molar-refractivity contribution is 0.0751. The number of carbonyl (C=O) groups is 1. The molecule has 1 fully saturated rings. The highest BCUT2D eigenvalue weighted by Crippen LogP contribution is 2.22. The van der Waals surface area contributed by atoms with Crippen molar-refractivity contribution in [2.24, 2.45) is 0 Å². The van der Waals surface area contributed by atoms with E-state index in [1.54, 1.807) is 0 Å². The summed E-state index contributed by atoms with van der Waals surface area (Å²) in [5.41, 5.74) is 2.77. The standard InChI is InChI=1S/C21H19N5OS/c27-21(18-8-4-14-28-18)26-12-10-25(11-13-26)19-9-3-7-17(22-19)20-23-15-5-1-2-6-16(15)24-20/h1-9,14H,10-13H2,(H,23,24). The Bertz CT molecular complexity index is 1080. The van der Waals surface area contributed by atoms with Crippen molar-refractivity contribution in [3.8, 4) is 11.5 Å². The lowest BCUT2D eigenvalue weighted by Gasteiger charge is -2.35. The third-order valence-corrected chi connectivity index (χ3v) is 5.85. The molecule has 0 radical (unpaired) electrons. The van der Waals surface area contributed by atoms with E-state index < -0.39 is 0 Å². The van der Waals surface area contributed by atoms with E-state index in [1.807, 2.05) is 64.9 Å². The van der Waals surface area contributed by atoms with Gasteiger partial charge in [-0.25, -0.2) is 9.97 Å². The molecule has 5 rings (SSSR count). The molecule has 0 bridgehead atoms. The zero-order valence-electron chi connectivity index (χ0n) is 15.2. The van der Waals surface area contributed by atoms with Gasteiger partial charge < -0.3 is 14.8 Å². The maximum atomic E-state index is 12.5. The van der Waals surface area contributed by atoms with Gasteiger partial charge in [-0.2, -0.15) is 0 Å². The van der Waals surface area contributed by atoms with Gasteiger partial charge in [-0.3, -0.25) is 4.79 Å². The van der Waals surface area contributed by atoms with E-state index in [4.69, 9.17) is 4.98 Å². The predicted molar refractivity (Wildman–Crippen MR) is 112 cm³/mol. The smallest absolute Gasteiger partial charge is 0.264 e. The van der Waals surface area contributed by atoms with Crippen LogP contribution in [0, 0.1) is 0 Å². The Morgan fingerprint density at radius 2 is 1.79 bits per heavy atom. The highest BCUT2D eigenvalue weighted by molar-refractivity contribution is 7.12. The Labute approximate surface area is 166 Å². The molecule has 1 saturated heterocycles. The van der Waals surface area contributed by atoms with Crippen LogP contribution in [0.2, 0.25) is 0 Å². The molecular formula is C21H19N5OS. The number of anilines is 1. The summed E-state index contributed by atoms with van der Waals surface area (Å²) in [5.74, 6) is 1.81. The van der Waals surface area contributed by atoms with E-state index in [2.05, 4.69) is 14.9 Å². The summed E-state index contributed by atoms with van der Waals surface area (Å²) in [6, 6.07) is 17.8. The van der Waals surface area contributed by atoms with Crippen LogP contribution in [-0.4, -0.2) is 51.9 Å². The van der Waals surface area contributed by atoms with E-state index in [0.29, 0.717) is 13.1 Å². The minimum atomic E-state index is 0.124. The number of rotatable bonds is 3. The molecule has 1 aromatic carbocycles. The number of aromatic amines is 1. The largest absolute Gasteiger partial charge is 0.353 e. The van der Waals surface area contributed by atoms with Crippen molar-refractivity contribution in [2.75, 3.05) is 31.1 Å². The van der Waals surface area contributed by atoms with Gasteiger partial charge in [0.2, 0.25) is 0 Å². The molecule has 6 nitrogen and oxygen atoms in total. The lowest BCUT2D eigenvalue weighted by Crippen LogP contribution is -2.48. The Morgan fingerprint density at radius 3 is 2.57 bits per heavy atom. The number of piperazine rings is 1. The fourth-order valence-electron chi connectivity index (χ4n) is 3.50. The quantitative estimate of drug-likeness (QED) is 0.581. The first-order valence-electron chi connectivity index (χ1n) is 9.28. The van der Waals surface area contributed by atoms with Crippen LogP contribution in [-0.2, 0) is 0 Å². The molecule has 0 atom stereocenters.